The summed E-state index contributed by atoms with van der Waals surface area (Å²) in [5, 5.41) is 9.78. The van der Waals surface area contributed by atoms with Crippen LogP contribution >= 0.6 is 0 Å². The lowest BCUT2D eigenvalue weighted by molar-refractivity contribution is 0.149. The first-order valence-corrected chi connectivity index (χ1v) is 9.35. The van der Waals surface area contributed by atoms with Gasteiger partial charge < -0.3 is 14.6 Å². The lowest BCUT2D eigenvalue weighted by atomic mass is 9.95. The van der Waals surface area contributed by atoms with Crippen LogP contribution < -0.4 is 0 Å². The Hall–Kier alpha value is -0.910. The molecule has 1 aromatic heterocycles. The number of aryl methyl sites for hydroxylation is 1. The van der Waals surface area contributed by atoms with E-state index in [0.717, 1.165) is 39.1 Å². The number of aliphatic hydroxyl groups excluding tert-OH is 1. The second-order valence-electron chi connectivity index (χ2n) is 7.29. The minimum Gasteiger partial charge on any atom is -0.396 e. The van der Waals surface area contributed by atoms with E-state index in [1.807, 2.05) is 6.20 Å². The van der Waals surface area contributed by atoms with Crippen LogP contribution in [0.3, 0.4) is 0 Å². The number of aliphatic hydroxyl groups is 1. The molecule has 5 nitrogen and oxygen atoms in total. The first kappa shape index (κ1) is 16.9. The van der Waals surface area contributed by atoms with Gasteiger partial charge >= 0.3 is 0 Å². The number of nitrogens with zero attached hydrogens (tertiary/aromatic N) is 4. The second-order valence-corrected chi connectivity index (χ2v) is 7.29. The third kappa shape index (κ3) is 4.34. The summed E-state index contributed by atoms with van der Waals surface area (Å²) in [6, 6.07) is 0. The minimum atomic E-state index is 0.318. The standard InChI is InChI=1S/C18H32N4O/c1-2-7-22-10-6-19-18(22)14-21-12-16(17(13-21)15-23)11-20-8-4-3-5-9-20/h6,10,16-17,23H,2-5,7-9,11-15H2,1H3. The third-order valence-electron chi connectivity index (χ3n) is 5.46. The number of hydrogen-bond acceptors (Lipinski definition) is 4. The maximum Gasteiger partial charge on any atom is 0.122 e. The largest absolute Gasteiger partial charge is 0.396 e. The number of likely N-dealkylation sites (tertiary alicyclic amines) is 2. The molecular formula is C18H32N4O. The molecule has 0 saturated carbocycles. The van der Waals surface area contributed by atoms with Gasteiger partial charge in [-0.15, -0.1) is 0 Å². The van der Waals surface area contributed by atoms with Crippen LogP contribution in [0, 0.1) is 11.8 Å². The van der Waals surface area contributed by atoms with E-state index >= 15 is 0 Å². The number of piperidine rings is 1. The molecule has 23 heavy (non-hydrogen) atoms. The smallest absolute Gasteiger partial charge is 0.122 e. The van der Waals surface area contributed by atoms with Crippen molar-refractivity contribution in [1.82, 2.24) is 19.4 Å². The molecule has 2 aliphatic heterocycles. The summed E-state index contributed by atoms with van der Waals surface area (Å²) in [6.07, 6.45) is 9.21. The molecule has 2 atom stereocenters. The molecule has 3 heterocycles. The van der Waals surface area contributed by atoms with Gasteiger partial charge in [0.25, 0.3) is 0 Å². The molecule has 130 valence electrons. The van der Waals surface area contributed by atoms with E-state index in [4.69, 9.17) is 0 Å². The zero-order valence-corrected chi connectivity index (χ0v) is 14.5. The average molecular weight is 320 g/mol. The molecule has 2 aliphatic rings. The van der Waals surface area contributed by atoms with Crippen molar-refractivity contribution < 1.29 is 5.11 Å². The van der Waals surface area contributed by atoms with Crippen LogP contribution in [0.2, 0.25) is 0 Å². The van der Waals surface area contributed by atoms with E-state index in [1.165, 1.54) is 38.2 Å². The van der Waals surface area contributed by atoms with Gasteiger partial charge in [-0.3, -0.25) is 4.90 Å². The van der Waals surface area contributed by atoms with Crippen LogP contribution in [0.5, 0.6) is 0 Å². The molecule has 1 aromatic rings. The predicted octanol–water partition coefficient (Wildman–Crippen LogP) is 1.82. The van der Waals surface area contributed by atoms with Crippen LogP contribution in [0.25, 0.3) is 0 Å². The van der Waals surface area contributed by atoms with E-state index in [9.17, 15) is 5.11 Å². The summed E-state index contributed by atoms with van der Waals surface area (Å²) in [5.41, 5.74) is 0. The lowest BCUT2D eigenvalue weighted by Gasteiger charge is -2.30. The van der Waals surface area contributed by atoms with Gasteiger partial charge in [-0.1, -0.05) is 13.3 Å². The van der Waals surface area contributed by atoms with E-state index in [-0.39, 0.29) is 0 Å². The van der Waals surface area contributed by atoms with Crippen molar-refractivity contribution in [1.29, 1.82) is 0 Å². The SMILES string of the molecule is CCCn1ccnc1CN1CC(CO)C(CN2CCCCC2)C1. The van der Waals surface area contributed by atoms with Gasteiger partial charge in [0.2, 0.25) is 0 Å². The Balaban J connectivity index is 1.56. The number of aromatic nitrogens is 2. The molecule has 2 fully saturated rings. The fraction of sp³-hybridized carbons (Fsp3) is 0.833. The van der Waals surface area contributed by atoms with E-state index in [2.05, 4.69) is 32.5 Å². The Bertz CT molecular complexity index is 469. The minimum absolute atomic E-state index is 0.318. The summed E-state index contributed by atoms with van der Waals surface area (Å²) < 4.78 is 2.27. The number of rotatable bonds is 7. The van der Waals surface area contributed by atoms with Crippen LogP contribution in [-0.2, 0) is 13.1 Å². The van der Waals surface area contributed by atoms with Gasteiger partial charge in [0.05, 0.1) is 6.54 Å². The van der Waals surface area contributed by atoms with Crippen LogP contribution in [-0.4, -0.2) is 63.8 Å². The summed E-state index contributed by atoms with van der Waals surface area (Å²) in [7, 11) is 0. The highest BCUT2D eigenvalue weighted by Gasteiger charge is 2.34. The second kappa shape index (κ2) is 8.27. The maximum atomic E-state index is 9.78. The normalized spacial score (nSPS) is 26.9. The topological polar surface area (TPSA) is 44.5 Å². The highest BCUT2D eigenvalue weighted by molar-refractivity contribution is 4.95. The lowest BCUT2D eigenvalue weighted by Crippen LogP contribution is -2.37. The molecule has 3 rings (SSSR count). The van der Waals surface area contributed by atoms with Crippen molar-refractivity contribution in [2.75, 3.05) is 39.3 Å². The van der Waals surface area contributed by atoms with Crippen molar-refractivity contribution in [3.05, 3.63) is 18.2 Å². The molecule has 0 radical (unpaired) electrons. The van der Waals surface area contributed by atoms with Crippen LogP contribution in [0.15, 0.2) is 12.4 Å². The Labute approximate surface area is 140 Å². The third-order valence-corrected chi connectivity index (χ3v) is 5.46. The number of imidazole rings is 1. The summed E-state index contributed by atoms with van der Waals surface area (Å²) in [6.45, 7) is 10.2. The Morgan fingerprint density at radius 2 is 1.91 bits per heavy atom. The van der Waals surface area contributed by atoms with Crippen molar-refractivity contribution in [2.45, 2.75) is 45.7 Å². The average Bonchev–Trinajstić information content (AvgIpc) is 3.16. The van der Waals surface area contributed by atoms with Gasteiger partial charge in [0.1, 0.15) is 5.82 Å². The highest BCUT2D eigenvalue weighted by Crippen LogP contribution is 2.26. The van der Waals surface area contributed by atoms with Gasteiger partial charge in [-0.2, -0.15) is 0 Å². The van der Waals surface area contributed by atoms with E-state index in [1.54, 1.807) is 0 Å². The number of hydrogen-bond donors (Lipinski definition) is 1. The quantitative estimate of drug-likeness (QED) is 0.832. The Kier molecular flexibility index (Phi) is 6.08. The molecular weight excluding hydrogens is 288 g/mol. The van der Waals surface area contributed by atoms with Crippen LogP contribution in [0.1, 0.15) is 38.4 Å². The van der Waals surface area contributed by atoms with Gasteiger partial charge in [-0.25, -0.2) is 4.98 Å². The van der Waals surface area contributed by atoms with Crippen molar-refractivity contribution >= 4 is 0 Å². The molecule has 1 N–H and O–H groups in total. The monoisotopic (exact) mass is 320 g/mol. The van der Waals surface area contributed by atoms with E-state index < -0.39 is 0 Å². The summed E-state index contributed by atoms with van der Waals surface area (Å²) in [4.78, 5) is 9.64. The molecule has 0 aromatic carbocycles. The molecule has 5 heteroatoms. The molecule has 0 aliphatic carbocycles. The molecule has 2 saturated heterocycles. The highest BCUT2D eigenvalue weighted by atomic mass is 16.3. The molecule has 0 bridgehead atoms. The van der Waals surface area contributed by atoms with Crippen molar-refractivity contribution in [3.63, 3.8) is 0 Å². The molecule has 0 amide bonds. The summed E-state index contributed by atoms with van der Waals surface area (Å²) >= 11 is 0. The van der Waals surface area contributed by atoms with Gasteiger partial charge in [0, 0.05) is 45.2 Å². The van der Waals surface area contributed by atoms with E-state index in [0.29, 0.717) is 18.4 Å². The Morgan fingerprint density at radius 3 is 2.65 bits per heavy atom. The van der Waals surface area contributed by atoms with Crippen LogP contribution in [0.4, 0.5) is 0 Å². The van der Waals surface area contributed by atoms with Crippen molar-refractivity contribution in [3.8, 4) is 0 Å². The molecule has 0 spiro atoms. The zero-order chi connectivity index (χ0) is 16.1. The fourth-order valence-electron chi connectivity index (χ4n) is 4.19. The first-order valence-electron chi connectivity index (χ1n) is 9.35. The zero-order valence-electron chi connectivity index (χ0n) is 14.5. The van der Waals surface area contributed by atoms with Crippen molar-refractivity contribution in [2.24, 2.45) is 11.8 Å². The first-order chi connectivity index (χ1) is 11.3. The maximum absolute atomic E-state index is 9.78. The van der Waals surface area contributed by atoms with Gasteiger partial charge in [0.15, 0.2) is 0 Å². The summed E-state index contributed by atoms with van der Waals surface area (Å²) in [5.74, 6) is 2.20. The Morgan fingerprint density at radius 1 is 1.13 bits per heavy atom. The molecule has 2 unspecified atom stereocenters. The van der Waals surface area contributed by atoms with Gasteiger partial charge in [-0.05, 0) is 44.2 Å². The predicted molar refractivity (Wildman–Crippen MR) is 92.2 cm³/mol. The fourth-order valence-corrected chi connectivity index (χ4v) is 4.19.